The molecule has 2 aromatic carbocycles. The summed E-state index contributed by atoms with van der Waals surface area (Å²) in [7, 11) is 4.01. The van der Waals surface area contributed by atoms with Gasteiger partial charge in [-0.05, 0) is 56.8 Å². The quantitative estimate of drug-likeness (QED) is 0.445. The molecule has 5 rings (SSSR count). The topological polar surface area (TPSA) is 47.4 Å². The van der Waals surface area contributed by atoms with Crippen molar-refractivity contribution in [2.24, 2.45) is 0 Å². The fourth-order valence-electron chi connectivity index (χ4n) is 4.48. The van der Waals surface area contributed by atoms with E-state index in [0.29, 0.717) is 19.7 Å². The minimum Gasteiger partial charge on any atom is -0.491 e. The number of nitrogens with zero attached hydrogens (tertiary/aromatic N) is 3. The highest BCUT2D eigenvalue weighted by molar-refractivity contribution is 7.18. The normalized spacial score (nSPS) is 13.8. The summed E-state index contributed by atoms with van der Waals surface area (Å²) in [4.78, 5) is 22.8. The van der Waals surface area contributed by atoms with Crippen molar-refractivity contribution in [1.82, 2.24) is 14.5 Å². The van der Waals surface area contributed by atoms with Gasteiger partial charge in [-0.3, -0.25) is 9.36 Å². The number of thiophene rings is 1. The molecular formula is C25H27N3O2S. The lowest BCUT2D eigenvalue weighted by molar-refractivity contribution is 0.290. The molecule has 0 saturated heterocycles. The highest BCUT2D eigenvalue weighted by Crippen LogP contribution is 2.34. The molecule has 0 fully saturated rings. The van der Waals surface area contributed by atoms with Crippen LogP contribution in [0, 0.1) is 0 Å². The summed E-state index contributed by atoms with van der Waals surface area (Å²) in [6, 6.07) is 14.3. The second-order valence-corrected chi connectivity index (χ2v) is 9.52. The van der Waals surface area contributed by atoms with E-state index in [1.807, 2.05) is 42.9 Å². The molecule has 1 aliphatic carbocycles. The van der Waals surface area contributed by atoms with E-state index in [-0.39, 0.29) is 5.56 Å². The number of rotatable bonds is 6. The first-order chi connectivity index (χ1) is 15.1. The van der Waals surface area contributed by atoms with E-state index in [4.69, 9.17) is 9.72 Å². The van der Waals surface area contributed by atoms with Gasteiger partial charge in [0.1, 0.15) is 23.0 Å². The first kappa shape index (κ1) is 20.2. The van der Waals surface area contributed by atoms with Crippen LogP contribution >= 0.6 is 11.3 Å². The molecule has 6 heteroatoms. The Labute approximate surface area is 185 Å². The number of hydrogen-bond donors (Lipinski definition) is 0. The second kappa shape index (κ2) is 8.44. The van der Waals surface area contributed by atoms with Crippen molar-refractivity contribution >= 4 is 32.3 Å². The monoisotopic (exact) mass is 433 g/mol. The number of benzene rings is 2. The molecule has 4 aromatic rings. The standard InChI is InChI=1S/C25H27N3O2S/c1-27(2)16-22-26-24-23(19-11-5-6-13-21(19)31-24)25(29)28(22)14-15-30-20-12-7-9-17-8-3-4-10-18(17)20/h3-4,7-10,12H,5-6,11,13-16H2,1-2H3. The van der Waals surface area contributed by atoms with E-state index in [1.54, 1.807) is 11.3 Å². The van der Waals surface area contributed by atoms with E-state index >= 15 is 0 Å². The summed E-state index contributed by atoms with van der Waals surface area (Å²) in [5.74, 6) is 1.66. The van der Waals surface area contributed by atoms with Crippen LogP contribution in [0.1, 0.15) is 29.1 Å². The molecular weight excluding hydrogens is 406 g/mol. The molecule has 0 N–H and O–H groups in total. The highest BCUT2D eigenvalue weighted by Gasteiger charge is 2.22. The van der Waals surface area contributed by atoms with Gasteiger partial charge in [-0.25, -0.2) is 4.98 Å². The van der Waals surface area contributed by atoms with Crippen LogP contribution in [0.15, 0.2) is 47.3 Å². The van der Waals surface area contributed by atoms with Gasteiger partial charge in [0.05, 0.1) is 18.5 Å². The van der Waals surface area contributed by atoms with Crippen LogP contribution in [0.3, 0.4) is 0 Å². The Morgan fingerprint density at radius 3 is 2.77 bits per heavy atom. The maximum absolute atomic E-state index is 13.6. The van der Waals surface area contributed by atoms with Crippen molar-refractivity contribution in [1.29, 1.82) is 0 Å². The Balaban J connectivity index is 1.49. The summed E-state index contributed by atoms with van der Waals surface area (Å²) >= 11 is 1.71. The van der Waals surface area contributed by atoms with Gasteiger partial charge >= 0.3 is 0 Å². The van der Waals surface area contributed by atoms with Crippen molar-refractivity contribution in [2.75, 3.05) is 20.7 Å². The van der Waals surface area contributed by atoms with E-state index in [0.717, 1.165) is 51.8 Å². The van der Waals surface area contributed by atoms with Gasteiger partial charge in [-0.2, -0.15) is 0 Å². The van der Waals surface area contributed by atoms with Gasteiger partial charge in [-0.1, -0.05) is 36.4 Å². The Morgan fingerprint density at radius 2 is 1.90 bits per heavy atom. The number of fused-ring (bicyclic) bond motifs is 4. The molecule has 1 aliphatic rings. The van der Waals surface area contributed by atoms with Crippen LogP contribution in [-0.4, -0.2) is 35.2 Å². The zero-order valence-electron chi connectivity index (χ0n) is 18.1. The summed E-state index contributed by atoms with van der Waals surface area (Å²) in [6.45, 7) is 1.54. The zero-order chi connectivity index (χ0) is 21.4. The molecule has 2 aromatic heterocycles. The summed E-state index contributed by atoms with van der Waals surface area (Å²) in [5.41, 5.74) is 1.33. The molecule has 31 heavy (non-hydrogen) atoms. The van der Waals surface area contributed by atoms with Crippen LogP contribution in [0.4, 0.5) is 0 Å². The molecule has 2 heterocycles. The Bertz CT molecular complexity index is 1300. The molecule has 0 radical (unpaired) electrons. The molecule has 0 aliphatic heterocycles. The lowest BCUT2D eigenvalue weighted by Crippen LogP contribution is -2.30. The largest absolute Gasteiger partial charge is 0.491 e. The number of aromatic nitrogens is 2. The van der Waals surface area contributed by atoms with Crippen LogP contribution in [0.2, 0.25) is 0 Å². The fraction of sp³-hybridized carbons (Fsp3) is 0.360. The third kappa shape index (κ3) is 3.86. The molecule has 5 nitrogen and oxygen atoms in total. The minimum absolute atomic E-state index is 0.0859. The Kier molecular flexibility index (Phi) is 5.50. The molecule has 0 saturated carbocycles. The van der Waals surface area contributed by atoms with Crippen molar-refractivity contribution < 1.29 is 4.74 Å². The van der Waals surface area contributed by atoms with Crippen molar-refractivity contribution in [3.8, 4) is 5.75 Å². The van der Waals surface area contributed by atoms with Gasteiger partial charge < -0.3 is 9.64 Å². The van der Waals surface area contributed by atoms with E-state index in [1.165, 1.54) is 16.9 Å². The molecule has 0 bridgehead atoms. The molecule has 0 atom stereocenters. The predicted octanol–water partition coefficient (Wildman–Crippen LogP) is 4.63. The Hall–Kier alpha value is -2.70. The van der Waals surface area contributed by atoms with Gasteiger partial charge in [0.25, 0.3) is 5.56 Å². The van der Waals surface area contributed by atoms with Gasteiger partial charge in [0, 0.05) is 10.3 Å². The van der Waals surface area contributed by atoms with E-state index in [2.05, 4.69) is 23.1 Å². The Morgan fingerprint density at radius 1 is 1.10 bits per heavy atom. The van der Waals surface area contributed by atoms with Crippen molar-refractivity contribution in [2.45, 2.75) is 38.8 Å². The van der Waals surface area contributed by atoms with Crippen LogP contribution < -0.4 is 10.3 Å². The lowest BCUT2D eigenvalue weighted by Gasteiger charge is -2.17. The minimum atomic E-state index is 0.0859. The second-order valence-electron chi connectivity index (χ2n) is 8.44. The predicted molar refractivity (Wildman–Crippen MR) is 127 cm³/mol. The number of ether oxygens (including phenoxy) is 1. The third-order valence-corrected chi connectivity index (χ3v) is 7.12. The third-order valence-electron chi connectivity index (χ3n) is 5.93. The SMILES string of the molecule is CN(C)Cc1nc2sc3c(c2c(=O)n1CCOc1cccc2ccccc12)CCCC3. The fourth-order valence-corrected chi connectivity index (χ4v) is 5.75. The smallest absolute Gasteiger partial charge is 0.262 e. The van der Waals surface area contributed by atoms with Crippen molar-refractivity contribution in [3.63, 3.8) is 0 Å². The summed E-state index contributed by atoms with van der Waals surface area (Å²) in [5, 5.41) is 3.08. The first-order valence-corrected chi connectivity index (χ1v) is 11.7. The van der Waals surface area contributed by atoms with Gasteiger partial charge in [0.15, 0.2) is 0 Å². The zero-order valence-corrected chi connectivity index (χ0v) is 18.9. The van der Waals surface area contributed by atoms with Crippen molar-refractivity contribution in [3.05, 3.63) is 69.1 Å². The average molecular weight is 434 g/mol. The lowest BCUT2D eigenvalue weighted by atomic mass is 9.97. The number of aryl methyl sites for hydroxylation is 2. The first-order valence-electron chi connectivity index (χ1n) is 10.9. The van der Waals surface area contributed by atoms with Gasteiger partial charge in [0.2, 0.25) is 0 Å². The molecule has 0 amide bonds. The highest BCUT2D eigenvalue weighted by atomic mass is 32.1. The van der Waals surface area contributed by atoms with Crippen LogP contribution in [0.5, 0.6) is 5.75 Å². The molecule has 0 spiro atoms. The maximum Gasteiger partial charge on any atom is 0.262 e. The van der Waals surface area contributed by atoms with Gasteiger partial charge in [-0.15, -0.1) is 11.3 Å². The summed E-state index contributed by atoms with van der Waals surface area (Å²) in [6.07, 6.45) is 4.42. The van der Waals surface area contributed by atoms with Crippen LogP contribution in [-0.2, 0) is 25.9 Å². The molecule has 160 valence electrons. The molecule has 0 unspecified atom stereocenters. The average Bonchev–Trinajstić information content (AvgIpc) is 3.14. The van der Waals surface area contributed by atoms with E-state index < -0.39 is 0 Å². The van der Waals surface area contributed by atoms with Crippen LogP contribution in [0.25, 0.3) is 21.0 Å². The summed E-state index contributed by atoms with van der Waals surface area (Å²) < 4.78 is 7.97. The van der Waals surface area contributed by atoms with E-state index in [9.17, 15) is 4.79 Å². The maximum atomic E-state index is 13.6. The number of hydrogen-bond acceptors (Lipinski definition) is 5.